The predicted molar refractivity (Wildman–Crippen MR) is 248 cm³/mol. The number of hydrogen-bond donors (Lipinski definition) is 1. The highest BCUT2D eigenvalue weighted by molar-refractivity contribution is 6.06. The first kappa shape index (κ1) is 43.5. The highest BCUT2D eigenvalue weighted by Crippen LogP contribution is 2.41. The molecule has 0 saturated heterocycles. The maximum atomic E-state index is 14.5. The van der Waals surface area contributed by atoms with Crippen LogP contribution < -0.4 is 29.1 Å². The standard InChI is InChI=1S/C55H46O10/c1-55(2,3)41-22-19-39(20-23-41)45(56)32-50(58)63-42-24-26-43(27-25-42)64-54-52(59)51-46(57)30-44(60-33-36-13-7-4-8-14-36)31-49(51)65-53(54)40-21-28-47(61-34-37-15-9-5-10-16-37)48(29-40)62-35-38-17-11-6-12-18-38/h4-31,57H,32-35H2,1-3H3. The van der Waals surface area contributed by atoms with Gasteiger partial charge in [0.15, 0.2) is 23.0 Å². The third-order valence-corrected chi connectivity index (χ3v) is 10.5. The molecule has 1 N–H and O–H groups in total. The van der Waals surface area contributed by atoms with Crippen LogP contribution in [-0.2, 0) is 30.0 Å². The van der Waals surface area contributed by atoms with Crippen LogP contribution in [0.15, 0.2) is 179 Å². The van der Waals surface area contributed by atoms with Crippen molar-refractivity contribution in [3.63, 3.8) is 0 Å². The monoisotopic (exact) mass is 866 g/mol. The molecule has 10 nitrogen and oxygen atoms in total. The lowest BCUT2D eigenvalue weighted by molar-refractivity contribution is -0.133. The Morgan fingerprint density at radius 2 is 1.14 bits per heavy atom. The van der Waals surface area contributed by atoms with Crippen LogP contribution in [0.1, 0.15) is 59.8 Å². The van der Waals surface area contributed by atoms with E-state index in [1.807, 2.05) is 103 Å². The molecular formula is C55H46O10. The molecule has 10 heteroatoms. The second kappa shape index (κ2) is 19.5. The van der Waals surface area contributed by atoms with E-state index in [-0.39, 0.29) is 76.5 Å². The van der Waals surface area contributed by atoms with E-state index in [0.29, 0.717) is 22.6 Å². The minimum atomic E-state index is -0.731. The van der Waals surface area contributed by atoms with Gasteiger partial charge in [0.25, 0.3) is 0 Å². The lowest BCUT2D eigenvalue weighted by atomic mass is 9.86. The van der Waals surface area contributed by atoms with Gasteiger partial charge in [0, 0.05) is 23.3 Å². The zero-order valence-electron chi connectivity index (χ0n) is 36.1. The summed E-state index contributed by atoms with van der Waals surface area (Å²) in [5.74, 6) is -0.189. The summed E-state index contributed by atoms with van der Waals surface area (Å²) < 4.78 is 36.9. The number of fused-ring (bicyclic) bond motifs is 1. The number of carbonyl (C=O) groups excluding carboxylic acids is 2. The zero-order valence-corrected chi connectivity index (χ0v) is 36.1. The van der Waals surface area contributed by atoms with Gasteiger partial charge in [-0.3, -0.25) is 14.4 Å². The molecule has 8 aromatic rings. The summed E-state index contributed by atoms with van der Waals surface area (Å²) in [6.45, 7) is 6.96. The molecule has 65 heavy (non-hydrogen) atoms. The van der Waals surface area contributed by atoms with Crippen LogP contribution in [0.25, 0.3) is 22.3 Å². The van der Waals surface area contributed by atoms with Gasteiger partial charge in [-0.2, -0.15) is 0 Å². The van der Waals surface area contributed by atoms with Gasteiger partial charge in [0.05, 0.1) is 0 Å². The van der Waals surface area contributed by atoms with Gasteiger partial charge >= 0.3 is 5.97 Å². The Hall–Kier alpha value is -8.11. The molecule has 1 aromatic heterocycles. The van der Waals surface area contributed by atoms with E-state index in [1.54, 1.807) is 36.4 Å². The number of ketones is 1. The van der Waals surface area contributed by atoms with Gasteiger partial charge in [-0.15, -0.1) is 0 Å². The van der Waals surface area contributed by atoms with Crippen LogP contribution in [0.2, 0.25) is 0 Å². The van der Waals surface area contributed by atoms with E-state index in [2.05, 4.69) is 20.8 Å². The van der Waals surface area contributed by atoms with Crippen molar-refractivity contribution < 1.29 is 42.8 Å². The van der Waals surface area contributed by atoms with Gasteiger partial charge in [-0.05, 0) is 70.1 Å². The fourth-order valence-corrected chi connectivity index (χ4v) is 6.97. The average Bonchev–Trinajstić information content (AvgIpc) is 3.31. The summed E-state index contributed by atoms with van der Waals surface area (Å²) in [6.07, 6.45) is -0.454. The van der Waals surface area contributed by atoms with Crippen LogP contribution in [-0.4, -0.2) is 16.9 Å². The van der Waals surface area contributed by atoms with Crippen LogP contribution >= 0.6 is 0 Å². The lowest BCUT2D eigenvalue weighted by Gasteiger charge is -2.18. The fourth-order valence-electron chi connectivity index (χ4n) is 6.97. The third kappa shape index (κ3) is 10.9. The number of benzene rings is 7. The summed E-state index contributed by atoms with van der Waals surface area (Å²) in [5.41, 5.74) is 4.01. The van der Waals surface area contributed by atoms with E-state index in [4.69, 9.17) is 28.1 Å². The normalized spacial score (nSPS) is 11.2. The van der Waals surface area contributed by atoms with Crippen LogP contribution in [0.3, 0.4) is 0 Å². The van der Waals surface area contributed by atoms with Crippen molar-refractivity contribution in [3.8, 4) is 51.6 Å². The molecule has 0 radical (unpaired) electrons. The number of ether oxygens (including phenoxy) is 5. The van der Waals surface area contributed by atoms with Gasteiger partial charge in [0.2, 0.25) is 11.2 Å². The van der Waals surface area contributed by atoms with E-state index in [1.165, 1.54) is 30.3 Å². The second-order valence-electron chi connectivity index (χ2n) is 16.4. The van der Waals surface area contributed by atoms with Crippen molar-refractivity contribution in [1.29, 1.82) is 0 Å². The summed E-state index contributed by atoms with van der Waals surface area (Å²) in [6, 6.07) is 50.2. The van der Waals surface area contributed by atoms with E-state index < -0.39 is 17.8 Å². The van der Waals surface area contributed by atoms with E-state index in [9.17, 15) is 19.5 Å². The molecule has 0 aliphatic rings. The number of carbonyl (C=O) groups is 2. The molecule has 326 valence electrons. The third-order valence-electron chi connectivity index (χ3n) is 10.5. The van der Waals surface area contributed by atoms with Crippen LogP contribution in [0.4, 0.5) is 0 Å². The second-order valence-corrected chi connectivity index (χ2v) is 16.4. The van der Waals surface area contributed by atoms with E-state index >= 15 is 0 Å². The van der Waals surface area contributed by atoms with Crippen molar-refractivity contribution in [1.82, 2.24) is 0 Å². The Morgan fingerprint density at radius 1 is 0.585 bits per heavy atom. The number of hydrogen-bond acceptors (Lipinski definition) is 10. The first-order valence-corrected chi connectivity index (χ1v) is 21.1. The molecule has 8 rings (SSSR count). The summed E-state index contributed by atoms with van der Waals surface area (Å²) >= 11 is 0. The van der Waals surface area contributed by atoms with Crippen molar-refractivity contribution in [2.45, 2.75) is 52.4 Å². The highest BCUT2D eigenvalue weighted by Gasteiger charge is 2.24. The van der Waals surface area contributed by atoms with Crippen LogP contribution in [0, 0.1) is 0 Å². The van der Waals surface area contributed by atoms with E-state index in [0.717, 1.165) is 22.3 Å². The first-order chi connectivity index (χ1) is 31.5. The highest BCUT2D eigenvalue weighted by atomic mass is 16.5. The average molecular weight is 867 g/mol. The molecular weight excluding hydrogens is 821 g/mol. The van der Waals surface area contributed by atoms with Crippen molar-refractivity contribution in [2.24, 2.45) is 0 Å². The number of phenols is 1. The smallest absolute Gasteiger partial charge is 0.319 e. The molecule has 0 unspecified atom stereocenters. The van der Waals surface area contributed by atoms with Crippen molar-refractivity contribution in [3.05, 3.63) is 208 Å². The zero-order chi connectivity index (χ0) is 45.3. The number of esters is 1. The predicted octanol–water partition coefficient (Wildman–Crippen LogP) is 12.2. The molecule has 0 atom stereocenters. The minimum Gasteiger partial charge on any atom is -0.507 e. The summed E-state index contributed by atoms with van der Waals surface area (Å²) in [5, 5.41) is 11.2. The topological polar surface area (TPSA) is 131 Å². The number of phenolic OH excluding ortho intramolecular Hbond substituents is 1. The molecule has 0 saturated carbocycles. The van der Waals surface area contributed by atoms with Crippen LogP contribution in [0.5, 0.6) is 40.2 Å². The molecule has 0 bridgehead atoms. The maximum absolute atomic E-state index is 14.5. The number of rotatable bonds is 16. The largest absolute Gasteiger partial charge is 0.507 e. The first-order valence-electron chi connectivity index (χ1n) is 21.1. The Kier molecular flexibility index (Phi) is 13.1. The van der Waals surface area contributed by atoms with Gasteiger partial charge < -0.3 is 33.2 Å². The Bertz CT molecular complexity index is 2970. The molecule has 0 aliphatic carbocycles. The number of Topliss-reactive ketones (excluding diaryl/α,β-unsaturated/α-hetero) is 1. The van der Waals surface area contributed by atoms with Gasteiger partial charge in [-0.1, -0.05) is 136 Å². The molecule has 0 fully saturated rings. The quantitative estimate of drug-likeness (QED) is 0.0433. The minimum absolute atomic E-state index is 0.0332. The summed E-state index contributed by atoms with van der Waals surface area (Å²) in [7, 11) is 0. The fraction of sp³-hybridized carbons (Fsp3) is 0.145. The Balaban J connectivity index is 1.10. The number of aromatic hydroxyl groups is 1. The van der Waals surface area contributed by atoms with Crippen molar-refractivity contribution >= 4 is 22.7 Å². The molecule has 0 aliphatic heterocycles. The molecule has 0 spiro atoms. The lowest BCUT2D eigenvalue weighted by Crippen LogP contribution is -2.15. The maximum Gasteiger partial charge on any atom is 0.319 e. The van der Waals surface area contributed by atoms with Gasteiger partial charge in [0.1, 0.15) is 60.2 Å². The van der Waals surface area contributed by atoms with Gasteiger partial charge in [-0.25, -0.2) is 0 Å². The molecule has 0 amide bonds. The molecule has 1 heterocycles. The Morgan fingerprint density at radius 3 is 1.72 bits per heavy atom. The Labute approximate surface area is 376 Å². The van der Waals surface area contributed by atoms with Crippen molar-refractivity contribution in [2.75, 3.05) is 0 Å². The molecule has 7 aromatic carbocycles. The summed E-state index contributed by atoms with van der Waals surface area (Å²) in [4.78, 5) is 40.3. The SMILES string of the molecule is CC(C)(C)c1ccc(C(=O)CC(=O)Oc2ccc(Oc3c(-c4ccc(OCc5ccccc5)c(OCc5ccccc5)c4)oc4cc(OCc5ccccc5)cc(O)c4c3=O)cc2)cc1.